The molecule has 0 amide bonds. The van der Waals surface area contributed by atoms with Crippen molar-refractivity contribution in [1.82, 2.24) is 0 Å². The minimum Gasteiger partial charge on any atom is -0.388 e. The third-order valence-electron chi connectivity index (χ3n) is 3.14. The summed E-state index contributed by atoms with van der Waals surface area (Å²) < 4.78 is 13.7. The maximum atomic E-state index is 13.7. The second-order valence-corrected chi connectivity index (χ2v) is 5.23. The molecule has 0 saturated heterocycles. The van der Waals surface area contributed by atoms with Crippen LogP contribution < -0.4 is 5.32 Å². The Labute approximate surface area is 105 Å². The average Bonchev–Trinajstić information content (AvgIpc) is 2.18. The van der Waals surface area contributed by atoms with Crippen molar-refractivity contribution in [3.05, 3.63) is 34.1 Å². The van der Waals surface area contributed by atoms with Gasteiger partial charge < -0.3 is 10.4 Å². The zero-order chi connectivity index (χ0) is 14.1. The first kappa shape index (κ1) is 14.4. The lowest BCUT2D eigenvalue weighted by Crippen LogP contribution is -2.51. The van der Waals surface area contributed by atoms with E-state index < -0.39 is 21.9 Å². The van der Waals surface area contributed by atoms with Gasteiger partial charge in [-0.2, -0.15) is 0 Å². The summed E-state index contributed by atoms with van der Waals surface area (Å²) >= 11 is 0. The second-order valence-electron chi connectivity index (χ2n) is 5.23. The Morgan fingerprint density at radius 1 is 1.33 bits per heavy atom. The largest absolute Gasteiger partial charge is 0.388 e. The number of nitrogens with zero attached hydrogens (tertiary/aromatic N) is 1. The number of halogens is 1. The number of rotatable bonds is 4. The van der Waals surface area contributed by atoms with E-state index in [4.69, 9.17) is 0 Å². The van der Waals surface area contributed by atoms with Gasteiger partial charge in [-0.05, 0) is 33.8 Å². The number of nitro benzene ring substituents is 1. The first-order chi connectivity index (χ1) is 8.04. The molecule has 0 saturated carbocycles. The molecule has 0 aliphatic heterocycles. The zero-order valence-corrected chi connectivity index (χ0v) is 10.8. The molecule has 5 nitrogen and oxygen atoms in total. The fraction of sp³-hybridized carbons (Fsp3) is 0.500. The summed E-state index contributed by atoms with van der Waals surface area (Å²) in [5.41, 5.74) is -2.06. The highest BCUT2D eigenvalue weighted by molar-refractivity contribution is 5.52. The standard InChI is InChI=1S/C12H17FN2O3/c1-11(2,12(3,4)16)14-10-6-5-8(15(17)18)7-9(10)13/h5-7,14,16H,1-4H3. The number of benzene rings is 1. The van der Waals surface area contributed by atoms with Crippen molar-refractivity contribution in [2.45, 2.75) is 38.8 Å². The maximum absolute atomic E-state index is 13.7. The number of aliphatic hydroxyl groups is 1. The van der Waals surface area contributed by atoms with Crippen molar-refractivity contribution in [2.24, 2.45) is 0 Å². The molecule has 0 bridgehead atoms. The molecule has 0 aliphatic carbocycles. The van der Waals surface area contributed by atoms with Crippen molar-refractivity contribution in [3.8, 4) is 0 Å². The molecule has 6 heteroatoms. The summed E-state index contributed by atoms with van der Waals surface area (Å²) in [5, 5.41) is 23.3. The average molecular weight is 256 g/mol. The van der Waals surface area contributed by atoms with E-state index in [2.05, 4.69) is 5.32 Å². The molecule has 0 heterocycles. The van der Waals surface area contributed by atoms with E-state index in [0.717, 1.165) is 6.07 Å². The molecular formula is C12H17FN2O3. The summed E-state index contributed by atoms with van der Waals surface area (Å²) in [6.45, 7) is 6.63. The van der Waals surface area contributed by atoms with Gasteiger partial charge in [0.25, 0.3) is 5.69 Å². The second kappa shape index (κ2) is 4.53. The van der Waals surface area contributed by atoms with Gasteiger partial charge >= 0.3 is 0 Å². The van der Waals surface area contributed by atoms with Crippen LogP contribution in [0.5, 0.6) is 0 Å². The summed E-state index contributed by atoms with van der Waals surface area (Å²) in [6.07, 6.45) is 0. The quantitative estimate of drug-likeness (QED) is 0.641. The van der Waals surface area contributed by atoms with E-state index in [0.29, 0.717) is 0 Å². The van der Waals surface area contributed by atoms with E-state index in [1.807, 2.05) is 0 Å². The predicted molar refractivity (Wildman–Crippen MR) is 67.1 cm³/mol. The molecule has 0 aliphatic rings. The Hall–Kier alpha value is -1.69. The third-order valence-corrected chi connectivity index (χ3v) is 3.14. The molecule has 1 rings (SSSR count). The van der Waals surface area contributed by atoms with E-state index in [9.17, 15) is 19.6 Å². The normalized spacial score (nSPS) is 12.3. The Kier molecular flexibility index (Phi) is 3.62. The lowest BCUT2D eigenvalue weighted by molar-refractivity contribution is -0.385. The molecule has 0 radical (unpaired) electrons. The number of anilines is 1. The van der Waals surface area contributed by atoms with Gasteiger partial charge in [-0.15, -0.1) is 0 Å². The topological polar surface area (TPSA) is 75.4 Å². The van der Waals surface area contributed by atoms with Gasteiger partial charge in [0.1, 0.15) is 0 Å². The molecule has 1 aromatic carbocycles. The van der Waals surface area contributed by atoms with Crippen LogP contribution in [0, 0.1) is 15.9 Å². The van der Waals surface area contributed by atoms with Gasteiger partial charge in [0.05, 0.1) is 27.8 Å². The molecule has 0 atom stereocenters. The molecular weight excluding hydrogens is 239 g/mol. The summed E-state index contributed by atoms with van der Waals surface area (Å²) in [4.78, 5) is 9.83. The minimum absolute atomic E-state index is 0.118. The SMILES string of the molecule is CC(C)(O)C(C)(C)Nc1ccc([N+](=O)[O-])cc1F. The van der Waals surface area contributed by atoms with Gasteiger partial charge in [0, 0.05) is 6.07 Å². The Balaban J connectivity index is 3.03. The monoisotopic (exact) mass is 256 g/mol. The molecule has 0 fully saturated rings. The fourth-order valence-electron chi connectivity index (χ4n) is 1.21. The smallest absolute Gasteiger partial charge is 0.272 e. The van der Waals surface area contributed by atoms with Crippen molar-refractivity contribution >= 4 is 11.4 Å². The Morgan fingerprint density at radius 2 is 1.89 bits per heavy atom. The number of nitrogens with one attached hydrogen (secondary N) is 1. The lowest BCUT2D eigenvalue weighted by Gasteiger charge is -2.38. The van der Waals surface area contributed by atoms with Crippen LogP contribution in [0.25, 0.3) is 0 Å². The van der Waals surface area contributed by atoms with Gasteiger partial charge in [0.2, 0.25) is 0 Å². The summed E-state index contributed by atoms with van der Waals surface area (Å²) in [7, 11) is 0. The van der Waals surface area contributed by atoms with Crippen molar-refractivity contribution < 1.29 is 14.4 Å². The first-order valence-electron chi connectivity index (χ1n) is 5.49. The van der Waals surface area contributed by atoms with E-state index in [-0.39, 0.29) is 11.4 Å². The molecule has 1 aromatic rings. The highest BCUT2D eigenvalue weighted by Gasteiger charge is 2.35. The van der Waals surface area contributed by atoms with Crippen molar-refractivity contribution in [2.75, 3.05) is 5.32 Å². The zero-order valence-electron chi connectivity index (χ0n) is 10.8. The lowest BCUT2D eigenvalue weighted by atomic mass is 9.86. The highest BCUT2D eigenvalue weighted by Crippen LogP contribution is 2.28. The molecule has 2 N–H and O–H groups in total. The van der Waals surface area contributed by atoms with E-state index in [1.165, 1.54) is 12.1 Å². The van der Waals surface area contributed by atoms with Crippen LogP contribution in [0.1, 0.15) is 27.7 Å². The van der Waals surface area contributed by atoms with Gasteiger partial charge in [-0.3, -0.25) is 10.1 Å². The minimum atomic E-state index is -1.08. The van der Waals surface area contributed by atoms with E-state index in [1.54, 1.807) is 27.7 Å². The van der Waals surface area contributed by atoms with Gasteiger partial charge in [-0.1, -0.05) is 0 Å². The predicted octanol–water partition coefficient (Wildman–Crippen LogP) is 2.70. The molecule has 0 unspecified atom stereocenters. The van der Waals surface area contributed by atoms with Crippen LogP contribution in [0.2, 0.25) is 0 Å². The van der Waals surface area contributed by atoms with Crippen molar-refractivity contribution in [1.29, 1.82) is 0 Å². The molecule has 0 spiro atoms. The molecule has 0 aromatic heterocycles. The van der Waals surface area contributed by atoms with Crippen LogP contribution in [0.3, 0.4) is 0 Å². The number of hydrogen-bond donors (Lipinski definition) is 2. The van der Waals surface area contributed by atoms with E-state index >= 15 is 0 Å². The van der Waals surface area contributed by atoms with Crippen LogP contribution in [0.15, 0.2) is 18.2 Å². The van der Waals surface area contributed by atoms with Crippen LogP contribution >= 0.6 is 0 Å². The van der Waals surface area contributed by atoms with Crippen LogP contribution in [0.4, 0.5) is 15.8 Å². The Morgan fingerprint density at radius 3 is 2.28 bits per heavy atom. The third kappa shape index (κ3) is 2.95. The van der Waals surface area contributed by atoms with Gasteiger partial charge in [-0.25, -0.2) is 4.39 Å². The summed E-state index contributed by atoms with van der Waals surface area (Å²) in [5.74, 6) is -0.721. The highest BCUT2D eigenvalue weighted by atomic mass is 19.1. The maximum Gasteiger partial charge on any atom is 0.272 e. The molecule has 18 heavy (non-hydrogen) atoms. The number of non-ortho nitro benzene ring substituents is 1. The summed E-state index contributed by atoms with van der Waals surface area (Å²) in [6, 6.07) is 3.36. The number of nitro groups is 1. The van der Waals surface area contributed by atoms with Gasteiger partial charge in [0.15, 0.2) is 5.82 Å². The fourth-order valence-corrected chi connectivity index (χ4v) is 1.21. The van der Waals surface area contributed by atoms with Crippen LogP contribution in [-0.2, 0) is 0 Å². The number of hydrogen-bond acceptors (Lipinski definition) is 4. The van der Waals surface area contributed by atoms with Crippen LogP contribution in [-0.4, -0.2) is 21.2 Å². The van der Waals surface area contributed by atoms with Crippen molar-refractivity contribution in [3.63, 3.8) is 0 Å². The Bertz CT molecular complexity index is 467. The first-order valence-corrected chi connectivity index (χ1v) is 5.49. The molecule has 100 valence electrons.